The van der Waals surface area contributed by atoms with Gasteiger partial charge >= 0.3 is 0 Å². The van der Waals surface area contributed by atoms with Gasteiger partial charge < -0.3 is 4.90 Å². The summed E-state index contributed by atoms with van der Waals surface area (Å²) in [5.74, 6) is 0.326. The highest BCUT2D eigenvalue weighted by Gasteiger charge is 2.31. The lowest BCUT2D eigenvalue weighted by Crippen LogP contribution is -2.44. The summed E-state index contributed by atoms with van der Waals surface area (Å²) in [5, 5.41) is 0. The number of piperidine rings is 1. The van der Waals surface area contributed by atoms with Gasteiger partial charge in [-0.1, -0.05) is 27.2 Å². The van der Waals surface area contributed by atoms with Crippen LogP contribution in [0.25, 0.3) is 0 Å². The van der Waals surface area contributed by atoms with Gasteiger partial charge in [-0.15, -0.1) is 0 Å². The molecule has 1 aliphatic rings. The zero-order chi connectivity index (χ0) is 10.6. The molecule has 14 heavy (non-hydrogen) atoms. The Labute approximate surface area is 87.7 Å². The first-order valence-corrected chi connectivity index (χ1v) is 5.89. The predicted octanol–water partition coefficient (Wildman–Crippen LogP) is 2.83. The quantitative estimate of drug-likeness (QED) is 0.681. The van der Waals surface area contributed by atoms with Crippen LogP contribution in [0.4, 0.5) is 0 Å². The molecule has 1 amide bonds. The smallest absolute Gasteiger partial charge is 0.222 e. The number of carbonyl (C=O) groups is 1. The van der Waals surface area contributed by atoms with Crippen LogP contribution in [0.3, 0.4) is 0 Å². The molecule has 1 fully saturated rings. The van der Waals surface area contributed by atoms with Gasteiger partial charge in [0, 0.05) is 19.5 Å². The fourth-order valence-corrected chi connectivity index (χ4v) is 2.56. The minimum Gasteiger partial charge on any atom is -0.342 e. The van der Waals surface area contributed by atoms with Gasteiger partial charge in [-0.3, -0.25) is 4.79 Å². The van der Waals surface area contributed by atoms with Crippen LogP contribution in [0, 0.1) is 5.41 Å². The van der Waals surface area contributed by atoms with Gasteiger partial charge in [-0.25, -0.2) is 0 Å². The first-order valence-electron chi connectivity index (χ1n) is 5.89. The molecule has 1 heterocycles. The standard InChI is InChI=1S/C12H23NO/c1-4-7-12(3)8-6-9-13(10-12)11(14)5-2/h4-10H2,1-3H3. The van der Waals surface area contributed by atoms with Crippen molar-refractivity contribution in [2.45, 2.75) is 52.9 Å². The first-order chi connectivity index (χ1) is 6.61. The van der Waals surface area contributed by atoms with Crippen molar-refractivity contribution in [1.29, 1.82) is 0 Å². The van der Waals surface area contributed by atoms with Crippen LogP contribution in [-0.4, -0.2) is 23.9 Å². The molecule has 1 saturated heterocycles. The number of amides is 1. The van der Waals surface area contributed by atoms with E-state index in [1.807, 2.05) is 6.92 Å². The Morgan fingerprint density at radius 1 is 1.43 bits per heavy atom. The van der Waals surface area contributed by atoms with Gasteiger partial charge in [0.1, 0.15) is 0 Å². The van der Waals surface area contributed by atoms with E-state index in [1.165, 1.54) is 25.7 Å². The van der Waals surface area contributed by atoms with Crippen LogP contribution in [0.1, 0.15) is 52.9 Å². The molecule has 1 rings (SSSR count). The fraction of sp³-hybridized carbons (Fsp3) is 0.917. The van der Waals surface area contributed by atoms with Crippen LogP contribution >= 0.6 is 0 Å². The normalized spacial score (nSPS) is 27.8. The molecule has 0 aromatic heterocycles. The summed E-state index contributed by atoms with van der Waals surface area (Å²) in [6.45, 7) is 8.46. The average Bonchev–Trinajstić information content (AvgIpc) is 2.16. The maximum atomic E-state index is 11.6. The van der Waals surface area contributed by atoms with Gasteiger partial charge in [0.15, 0.2) is 0 Å². The summed E-state index contributed by atoms with van der Waals surface area (Å²) in [7, 11) is 0. The van der Waals surface area contributed by atoms with E-state index in [4.69, 9.17) is 0 Å². The summed E-state index contributed by atoms with van der Waals surface area (Å²) in [6, 6.07) is 0. The minimum atomic E-state index is 0.326. The molecule has 0 aliphatic carbocycles. The molecule has 0 spiro atoms. The van der Waals surface area contributed by atoms with Crippen molar-refractivity contribution in [3.8, 4) is 0 Å². The molecular formula is C12H23NO. The van der Waals surface area contributed by atoms with Crippen LogP contribution in [-0.2, 0) is 4.79 Å². The largest absolute Gasteiger partial charge is 0.342 e. The molecule has 0 bridgehead atoms. The van der Waals surface area contributed by atoms with Gasteiger partial charge in [0.25, 0.3) is 0 Å². The second-order valence-corrected chi connectivity index (χ2v) is 4.83. The Morgan fingerprint density at radius 3 is 2.71 bits per heavy atom. The van der Waals surface area contributed by atoms with Gasteiger partial charge in [-0.2, -0.15) is 0 Å². The Balaban J connectivity index is 2.54. The molecule has 0 aromatic carbocycles. The second-order valence-electron chi connectivity index (χ2n) is 4.83. The topological polar surface area (TPSA) is 20.3 Å². The molecule has 82 valence electrons. The van der Waals surface area contributed by atoms with E-state index in [-0.39, 0.29) is 0 Å². The molecule has 1 unspecified atom stereocenters. The lowest BCUT2D eigenvalue weighted by Gasteiger charge is -2.40. The third-order valence-corrected chi connectivity index (χ3v) is 3.29. The fourth-order valence-electron chi connectivity index (χ4n) is 2.56. The van der Waals surface area contributed by atoms with E-state index in [0.29, 0.717) is 17.7 Å². The van der Waals surface area contributed by atoms with Crippen molar-refractivity contribution in [2.75, 3.05) is 13.1 Å². The van der Waals surface area contributed by atoms with E-state index in [0.717, 1.165) is 13.1 Å². The van der Waals surface area contributed by atoms with Crippen molar-refractivity contribution >= 4 is 5.91 Å². The maximum absolute atomic E-state index is 11.6. The molecule has 0 saturated carbocycles. The molecular weight excluding hydrogens is 174 g/mol. The van der Waals surface area contributed by atoms with Crippen LogP contribution in [0.15, 0.2) is 0 Å². The lowest BCUT2D eigenvalue weighted by atomic mass is 9.78. The zero-order valence-corrected chi connectivity index (χ0v) is 9.81. The van der Waals surface area contributed by atoms with Crippen molar-refractivity contribution in [3.05, 3.63) is 0 Å². The molecule has 0 aromatic rings. The van der Waals surface area contributed by atoms with Crippen LogP contribution in [0.5, 0.6) is 0 Å². The Hall–Kier alpha value is -0.530. The monoisotopic (exact) mass is 197 g/mol. The summed E-state index contributed by atoms with van der Waals surface area (Å²) in [4.78, 5) is 13.6. The van der Waals surface area contributed by atoms with Crippen LogP contribution < -0.4 is 0 Å². The Bertz CT molecular complexity index is 198. The van der Waals surface area contributed by atoms with Crippen molar-refractivity contribution in [2.24, 2.45) is 5.41 Å². The minimum absolute atomic E-state index is 0.326. The van der Waals surface area contributed by atoms with Gasteiger partial charge in [0.2, 0.25) is 5.91 Å². The lowest BCUT2D eigenvalue weighted by molar-refractivity contribution is -0.134. The third kappa shape index (κ3) is 2.73. The molecule has 2 nitrogen and oxygen atoms in total. The van der Waals surface area contributed by atoms with Crippen molar-refractivity contribution < 1.29 is 4.79 Å². The third-order valence-electron chi connectivity index (χ3n) is 3.29. The number of likely N-dealkylation sites (tertiary alicyclic amines) is 1. The van der Waals surface area contributed by atoms with Gasteiger partial charge in [0.05, 0.1) is 0 Å². The number of nitrogens with zero attached hydrogens (tertiary/aromatic N) is 1. The van der Waals surface area contributed by atoms with Crippen molar-refractivity contribution in [1.82, 2.24) is 4.90 Å². The number of hydrogen-bond donors (Lipinski definition) is 0. The van der Waals surface area contributed by atoms with Crippen molar-refractivity contribution in [3.63, 3.8) is 0 Å². The van der Waals surface area contributed by atoms with Crippen LogP contribution in [0.2, 0.25) is 0 Å². The average molecular weight is 197 g/mol. The molecule has 1 atom stereocenters. The SMILES string of the molecule is CCCC1(C)CCCN(C(=O)CC)C1. The molecule has 1 aliphatic heterocycles. The second kappa shape index (κ2) is 4.81. The highest BCUT2D eigenvalue weighted by atomic mass is 16.2. The summed E-state index contributed by atoms with van der Waals surface area (Å²) in [6.07, 6.45) is 5.60. The molecule has 0 N–H and O–H groups in total. The maximum Gasteiger partial charge on any atom is 0.222 e. The molecule has 0 radical (unpaired) electrons. The highest BCUT2D eigenvalue weighted by Crippen LogP contribution is 2.33. The summed E-state index contributed by atoms with van der Waals surface area (Å²) < 4.78 is 0. The van der Waals surface area contributed by atoms with E-state index in [1.54, 1.807) is 0 Å². The Morgan fingerprint density at radius 2 is 2.14 bits per heavy atom. The number of rotatable bonds is 3. The highest BCUT2D eigenvalue weighted by molar-refractivity contribution is 5.75. The number of hydrogen-bond acceptors (Lipinski definition) is 1. The first kappa shape index (κ1) is 11.5. The zero-order valence-electron chi connectivity index (χ0n) is 9.81. The predicted molar refractivity (Wildman–Crippen MR) is 59.1 cm³/mol. The van der Waals surface area contributed by atoms with E-state index >= 15 is 0 Å². The molecule has 2 heteroatoms. The van der Waals surface area contributed by atoms with Gasteiger partial charge in [-0.05, 0) is 24.7 Å². The number of carbonyl (C=O) groups excluding carboxylic acids is 1. The van der Waals surface area contributed by atoms with E-state index in [9.17, 15) is 4.79 Å². The van der Waals surface area contributed by atoms with E-state index < -0.39 is 0 Å². The van der Waals surface area contributed by atoms with E-state index in [2.05, 4.69) is 18.7 Å². The summed E-state index contributed by atoms with van der Waals surface area (Å²) in [5.41, 5.74) is 0.387. The summed E-state index contributed by atoms with van der Waals surface area (Å²) >= 11 is 0. The Kier molecular flexibility index (Phi) is 3.97.